The van der Waals surface area contributed by atoms with Gasteiger partial charge < -0.3 is 20.4 Å². The van der Waals surface area contributed by atoms with Gasteiger partial charge in [0.2, 0.25) is 0 Å². The lowest BCUT2D eigenvalue weighted by molar-refractivity contribution is 0.222. The lowest BCUT2D eigenvalue weighted by Crippen LogP contribution is -2.36. The average Bonchev–Trinajstić information content (AvgIpc) is 2.88. The summed E-state index contributed by atoms with van der Waals surface area (Å²) < 4.78 is 0. The molecule has 0 aromatic carbocycles. The van der Waals surface area contributed by atoms with Gasteiger partial charge in [0.25, 0.3) is 0 Å². The van der Waals surface area contributed by atoms with Gasteiger partial charge in [-0.25, -0.2) is 0 Å². The quantitative estimate of drug-likeness (QED) is 0.679. The van der Waals surface area contributed by atoms with Crippen LogP contribution in [0.1, 0.15) is 38.5 Å². The fourth-order valence-electron chi connectivity index (χ4n) is 3.42. The second-order valence-corrected chi connectivity index (χ2v) is 6.43. The highest BCUT2D eigenvalue weighted by atomic mass is 15.2. The van der Waals surface area contributed by atoms with Crippen LogP contribution in [0.15, 0.2) is 0 Å². The van der Waals surface area contributed by atoms with Gasteiger partial charge >= 0.3 is 0 Å². The molecule has 0 unspecified atom stereocenters. The second kappa shape index (κ2) is 9.72. The third-order valence-corrected chi connectivity index (χ3v) is 4.79. The highest BCUT2D eigenvalue weighted by Gasteiger charge is 2.16. The van der Waals surface area contributed by atoms with Crippen molar-refractivity contribution in [1.29, 1.82) is 0 Å². The van der Waals surface area contributed by atoms with E-state index in [2.05, 4.69) is 14.7 Å². The van der Waals surface area contributed by atoms with Crippen molar-refractivity contribution in [3.63, 3.8) is 0 Å². The van der Waals surface area contributed by atoms with Crippen LogP contribution in [0.4, 0.5) is 0 Å². The predicted octanol–water partition coefficient (Wildman–Crippen LogP) is 1.22. The lowest BCUT2D eigenvalue weighted by Gasteiger charge is -2.24. The summed E-state index contributed by atoms with van der Waals surface area (Å²) >= 11 is 0. The maximum Gasteiger partial charge on any atom is 0.0110 e. The van der Waals surface area contributed by atoms with E-state index in [9.17, 15) is 0 Å². The number of likely N-dealkylation sites (tertiary alicyclic amines) is 1. The largest absolute Gasteiger partial charge is 0.330 e. The molecule has 0 spiro atoms. The first-order chi connectivity index (χ1) is 9.88. The summed E-state index contributed by atoms with van der Waals surface area (Å²) in [5, 5.41) is 0. The molecule has 2 aliphatic heterocycles. The normalized spacial score (nSPS) is 23.2. The average molecular weight is 282 g/mol. The van der Waals surface area contributed by atoms with Crippen molar-refractivity contribution < 1.29 is 0 Å². The van der Waals surface area contributed by atoms with Crippen LogP contribution in [0.5, 0.6) is 0 Å². The van der Waals surface area contributed by atoms with E-state index in [1.807, 2.05) is 0 Å². The molecule has 2 fully saturated rings. The predicted molar refractivity (Wildman–Crippen MR) is 86.1 cm³/mol. The Balaban J connectivity index is 1.56. The first kappa shape index (κ1) is 16.2. The molecule has 0 atom stereocenters. The Morgan fingerprint density at radius 2 is 1.10 bits per heavy atom. The third kappa shape index (κ3) is 6.08. The van der Waals surface area contributed by atoms with Gasteiger partial charge in [-0.1, -0.05) is 6.42 Å². The molecule has 20 heavy (non-hydrogen) atoms. The van der Waals surface area contributed by atoms with E-state index < -0.39 is 0 Å². The van der Waals surface area contributed by atoms with Gasteiger partial charge in [0.05, 0.1) is 0 Å². The van der Waals surface area contributed by atoms with Gasteiger partial charge in [-0.3, -0.25) is 0 Å². The van der Waals surface area contributed by atoms with E-state index in [-0.39, 0.29) is 0 Å². The Bertz CT molecular complexity index is 241. The highest BCUT2D eigenvalue weighted by Crippen LogP contribution is 2.09. The monoisotopic (exact) mass is 282 g/mol. The molecule has 4 heteroatoms. The van der Waals surface area contributed by atoms with E-state index in [4.69, 9.17) is 5.73 Å². The van der Waals surface area contributed by atoms with Crippen LogP contribution in [0.3, 0.4) is 0 Å². The number of hydrogen-bond donors (Lipinski definition) is 1. The van der Waals surface area contributed by atoms with Crippen LogP contribution in [-0.4, -0.2) is 80.1 Å². The standard InChI is InChI=1S/C16H34N4/c17-7-2-1-3-8-19-11-6-12-20(16-14-19)15-13-18-9-4-5-10-18/h1-17H2. The number of nitrogens with two attached hydrogens (primary N) is 1. The van der Waals surface area contributed by atoms with Crippen LogP contribution in [0, 0.1) is 0 Å². The van der Waals surface area contributed by atoms with Crippen molar-refractivity contribution in [3.8, 4) is 0 Å². The van der Waals surface area contributed by atoms with Crippen molar-refractivity contribution in [1.82, 2.24) is 14.7 Å². The third-order valence-electron chi connectivity index (χ3n) is 4.79. The fourth-order valence-corrected chi connectivity index (χ4v) is 3.42. The van der Waals surface area contributed by atoms with Crippen LogP contribution in [0.2, 0.25) is 0 Å². The summed E-state index contributed by atoms with van der Waals surface area (Å²) in [6.07, 6.45) is 7.98. The Hall–Kier alpha value is -0.160. The molecule has 2 N–H and O–H groups in total. The molecule has 0 saturated carbocycles. The SMILES string of the molecule is NCCCCCN1CCCN(CCN2CCCC2)CC1. The molecule has 2 rings (SSSR count). The zero-order chi connectivity index (χ0) is 14.0. The zero-order valence-electron chi connectivity index (χ0n) is 13.2. The molecule has 0 aliphatic carbocycles. The van der Waals surface area contributed by atoms with Crippen molar-refractivity contribution in [2.24, 2.45) is 5.73 Å². The van der Waals surface area contributed by atoms with Gasteiger partial charge in [-0.2, -0.15) is 0 Å². The van der Waals surface area contributed by atoms with Gasteiger partial charge in [-0.05, 0) is 71.4 Å². The van der Waals surface area contributed by atoms with Crippen molar-refractivity contribution in [2.45, 2.75) is 38.5 Å². The van der Waals surface area contributed by atoms with Crippen LogP contribution < -0.4 is 5.73 Å². The fraction of sp³-hybridized carbons (Fsp3) is 1.00. The summed E-state index contributed by atoms with van der Waals surface area (Å²) in [6, 6.07) is 0. The van der Waals surface area contributed by atoms with Gasteiger partial charge in [0.1, 0.15) is 0 Å². The van der Waals surface area contributed by atoms with Crippen LogP contribution >= 0.6 is 0 Å². The van der Waals surface area contributed by atoms with Gasteiger partial charge in [0.15, 0.2) is 0 Å². The molecule has 0 radical (unpaired) electrons. The van der Waals surface area contributed by atoms with Crippen molar-refractivity contribution >= 4 is 0 Å². The van der Waals surface area contributed by atoms with Crippen LogP contribution in [-0.2, 0) is 0 Å². The molecule has 2 heterocycles. The topological polar surface area (TPSA) is 35.7 Å². The summed E-state index contributed by atoms with van der Waals surface area (Å²) in [5.41, 5.74) is 5.55. The molecule has 118 valence electrons. The summed E-state index contributed by atoms with van der Waals surface area (Å²) in [4.78, 5) is 7.97. The number of unbranched alkanes of at least 4 members (excludes halogenated alkanes) is 2. The van der Waals surface area contributed by atoms with E-state index >= 15 is 0 Å². The Labute approximate surface area is 125 Å². The highest BCUT2D eigenvalue weighted by molar-refractivity contribution is 4.73. The second-order valence-electron chi connectivity index (χ2n) is 6.43. The zero-order valence-corrected chi connectivity index (χ0v) is 13.2. The smallest absolute Gasteiger partial charge is 0.0110 e. The molecule has 0 aromatic rings. The molecule has 2 aliphatic rings. The minimum atomic E-state index is 0.851. The molecule has 0 amide bonds. The minimum absolute atomic E-state index is 0.851. The minimum Gasteiger partial charge on any atom is -0.330 e. The van der Waals surface area contributed by atoms with Crippen molar-refractivity contribution in [3.05, 3.63) is 0 Å². The number of rotatable bonds is 8. The summed E-state index contributed by atoms with van der Waals surface area (Å²) in [6.45, 7) is 12.5. The summed E-state index contributed by atoms with van der Waals surface area (Å²) in [7, 11) is 0. The van der Waals surface area contributed by atoms with E-state index in [0.717, 1.165) is 6.54 Å². The number of nitrogens with zero attached hydrogens (tertiary/aromatic N) is 3. The summed E-state index contributed by atoms with van der Waals surface area (Å²) in [5.74, 6) is 0. The molecule has 4 nitrogen and oxygen atoms in total. The molecular weight excluding hydrogens is 248 g/mol. The molecular formula is C16H34N4. The first-order valence-electron chi connectivity index (χ1n) is 8.75. The van der Waals surface area contributed by atoms with Crippen molar-refractivity contribution in [2.75, 3.05) is 65.4 Å². The van der Waals surface area contributed by atoms with Crippen LogP contribution in [0.25, 0.3) is 0 Å². The molecule has 2 saturated heterocycles. The van der Waals surface area contributed by atoms with Gasteiger partial charge in [0, 0.05) is 26.2 Å². The van der Waals surface area contributed by atoms with E-state index in [1.165, 1.54) is 97.4 Å². The maximum atomic E-state index is 5.55. The first-order valence-corrected chi connectivity index (χ1v) is 8.75. The maximum absolute atomic E-state index is 5.55. The molecule has 0 bridgehead atoms. The van der Waals surface area contributed by atoms with E-state index in [1.54, 1.807) is 0 Å². The Morgan fingerprint density at radius 1 is 0.550 bits per heavy atom. The Morgan fingerprint density at radius 3 is 1.75 bits per heavy atom. The number of hydrogen-bond acceptors (Lipinski definition) is 4. The van der Waals surface area contributed by atoms with E-state index in [0.29, 0.717) is 0 Å². The van der Waals surface area contributed by atoms with Gasteiger partial charge in [-0.15, -0.1) is 0 Å². The lowest BCUT2D eigenvalue weighted by atomic mass is 10.2. The Kier molecular flexibility index (Phi) is 7.88. The molecule has 0 aromatic heterocycles.